The Kier molecular flexibility index (Phi) is 25.8. The molecule has 6 heteroatoms. The Morgan fingerprint density at radius 3 is 1.46 bits per heavy atom. The van der Waals surface area contributed by atoms with Crippen molar-refractivity contribution in [1.29, 1.82) is 0 Å². The quantitative estimate of drug-likeness (QED) is 0.534. The van der Waals surface area contributed by atoms with Gasteiger partial charge in [0, 0.05) is 11.5 Å². The van der Waals surface area contributed by atoms with Gasteiger partial charge in [0.15, 0.2) is 0 Å². The van der Waals surface area contributed by atoms with Gasteiger partial charge >= 0.3 is 21.7 Å². The third kappa shape index (κ3) is 49.9. The fraction of sp³-hybridized carbons (Fsp3) is 0.636. The van der Waals surface area contributed by atoms with E-state index in [2.05, 4.69) is 0 Å². The molecule has 28 heavy (non-hydrogen) atoms. The molecule has 0 spiro atoms. The first-order valence-corrected chi connectivity index (χ1v) is 9.24. The van der Waals surface area contributed by atoms with Gasteiger partial charge in [0.1, 0.15) is 0 Å². The van der Waals surface area contributed by atoms with E-state index in [1.807, 2.05) is 51.1 Å². The molecule has 0 atom stereocenters. The van der Waals surface area contributed by atoms with Crippen LogP contribution < -0.4 is 20.4 Å². The predicted octanol–water partition coefficient (Wildman–Crippen LogP) is 1.51. The van der Waals surface area contributed by atoms with Gasteiger partial charge in [0.25, 0.3) is 0 Å². The zero-order valence-electron chi connectivity index (χ0n) is 18.9. The van der Waals surface area contributed by atoms with Crippen molar-refractivity contribution in [3.8, 4) is 0 Å². The Bertz CT molecular complexity index is 429. The minimum Gasteiger partial charge on any atom is -0.852 e. The van der Waals surface area contributed by atoms with Crippen LogP contribution in [0.3, 0.4) is 0 Å². The van der Waals surface area contributed by atoms with Crippen molar-refractivity contribution in [3.05, 3.63) is 47.9 Å². The summed E-state index contributed by atoms with van der Waals surface area (Å²) in [5.74, 6) is -0.258. The number of benzene rings is 1. The smallest absolute Gasteiger partial charge is 0.852 e. The molecule has 0 amide bonds. The maximum atomic E-state index is 11.4. The molecule has 5 nitrogen and oxygen atoms in total. The third-order valence-electron chi connectivity index (χ3n) is 1.75. The summed E-state index contributed by atoms with van der Waals surface area (Å²) in [6.45, 7) is 15.3. The van der Waals surface area contributed by atoms with Gasteiger partial charge < -0.3 is 25.2 Å². The minimum atomic E-state index is -0.417. The second kappa shape index (κ2) is 20.9. The van der Waals surface area contributed by atoms with E-state index in [1.165, 1.54) is 0 Å². The van der Waals surface area contributed by atoms with E-state index in [9.17, 15) is 20.4 Å². The SMILES string of the molecule is CC(C)(C)O/C([O-])=C\Cc1ccccc1.CC(C)[O-].CC(C)[O-].CC(C)[O-].[Ti+4]. The van der Waals surface area contributed by atoms with Gasteiger partial charge in [-0.1, -0.05) is 98.7 Å². The number of hydrogen-bond acceptors (Lipinski definition) is 5. The standard InChI is InChI=1S/C13H18O2.3C3H7O.Ti/c1-13(2,3)15-12(14)10-9-11-7-5-4-6-8-11;3*1-3(2)4;/h4-8,10,14H,9H2,1-3H3;3*3H,1-2H3;/q;3*-1;+4/p-1/b12-10-;;;;. The zero-order valence-corrected chi connectivity index (χ0v) is 20.5. The predicted molar refractivity (Wildman–Crippen MR) is 104 cm³/mol. The fourth-order valence-electron chi connectivity index (χ4n) is 1.16. The van der Waals surface area contributed by atoms with Crippen LogP contribution >= 0.6 is 0 Å². The zero-order chi connectivity index (χ0) is 22.0. The van der Waals surface area contributed by atoms with Crippen molar-refractivity contribution in [2.24, 2.45) is 0 Å². The summed E-state index contributed by atoms with van der Waals surface area (Å²) in [6.07, 6.45) is 0.941. The Morgan fingerprint density at radius 1 is 0.857 bits per heavy atom. The van der Waals surface area contributed by atoms with E-state index in [4.69, 9.17) is 4.74 Å². The first kappa shape index (κ1) is 34.6. The van der Waals surface area contributed by atoms with Crippen molar-refractivity contribution >= 4 is 0 Å². The molecule has 160 valence electrons. The number of allylic oxidation sites excluding steroid dienone is 1. The van der Waals surface area contributed by atoms with Gasteiger partial charge in [0.05, 0.1) is 0 Å². The van der Waals surface area contributed by atoms with Crippen LogP contribution in [0, 0.1) is 0 Å². The van der Waals surface area contributed by atoms with Crippen LogP contribution in [0.2, 0.25) is 0 Å². The molecular formula is C22H38O5Ti. The Morgan fingerprint density at radius 2 is 1.18 bits per heavy atom. The summed E-state index contributed by atoms with van der Waals surface area (Å²) >= 11 is 0. The largest absolute Gasteiger partial charge is 4.00 e. The van der Waals surface area contributed by atoms with Crippen LogP contribution in [0.4, 0.5) is 0 Å². The van der Waals surface area contributed by atoms with Crippen molar-refractivity contribution in [1.82, 2.24) is 0 Å². The van der Waals surface area contributed by atoms with Gasteiger partial charge in [0.2, 0.25) is 0 Å². The first-order valence-electron chi connectivity index (χ1n) is 9.24. The molecular weight excluding hydrogens is 392 g/mol. The molecule has 0 aromatic heterocycles. The number of hydrogen-bond donors (Lipinski definition) is 0. The molecule has 1 aromatic rings. The van der Waals surface area contributed by atoms with Crippen molar-refractivity contribution in [3.63, 3.8) is 0 Å². The molecule has 0 saturated carbocycles. The Balaban J connectivity index is -0.000000183. The van der Waals surface area contributed by atoms with Gasteiger partial charge in [-0.3, -0.25) is 0 Å². The Hall–Kier alpha value is -0.846. The molecule has 0 aliphatic carbocycles. The molecule has 0 radical (unpaired) electrons. The summed E-state index contributed by atoms with van der Waals surface area (Å²) in [5.41, 5.74) is 0.702. The molecule has 1 rings (SSSR count). The van der Waals surface area contributed by atoms with Gasteiger partial charge in [-0.05, 0) is 12.0 Å². The van der Waals surface area contributed by atoms with E-state index in [0.29, 0.717) is 6.42 Å². The maximum Gasteiger partial charge on any atom is 4.00 e. The summed E-state index contributed by atoms with van der Waals surface area (Å²) in [5, 5.41) is 39.9. The summed E-state index contributed by atoms with van der Waals surface area (Å²) in [4.78, 5) is 0. The van der Waals surface area contributed by atoms with Crippen LogP contribution in [0.15, 0.2) is 42.4 Å². The molecule has 0 heterocycles. The first-order chi connectivity index (χ1) is 12.2. The molecule has 1 aromatic carbocycles. The monoisotopic (exact) mass is 430 g/mol. The van der Waals surface area contributed by atoms with Crippen LogP contribution in [-0.4, -0.2) is 23.9 Å². The maximum absolute atomic E-state index is 11.4. The van der Waals surface area contributed by atoms with E-state index in [1.54, 1.807) is 47.6 Å². The molecule has 0 aliphatic rings. The summed E-state index contributed by atoms with van der Waals surface area (Å²) < 4.78 is 5.16. The number of ether oxygens (including phenoxy) is 1. The third-order valence-corrected chi connectivity index (χ3v) is 1.75. The second-order valence-corrected chi connectivity index (χ2v) is 7.57. The van der Waals surface area contributed by atoms with Crippen molar-refractivity contribution < 1.29 is 46.9 Å². The average molecular weight is 430 g/mol. The van der Waals surface area contributed by atoms with Crippen LogP contribution in [0.1, 0.15) is 67.9 Å². The minimum absolute atomic E-state index is 0. The van der Waals surface area contributed by atoms with Gasteiger partial charge in [-0.15, -0.1) is 18.3 Å². The molecule has 0 saturated heterocycles. The summed E-state index contributed by atoms with van der Waals surface area (Å²) in [7, 11) is 0. The van der Waals surface area contributed by atoms with Crippen molar-refractivity contribution in [2.75, 3.05) is 0 Å². The van der Waals surface area contributed by atoms with E-state index < -0.39 is 23.9 Å². The normalized spacial score (nSPS) is 10.6. The molecule has 0 N–H and O–H groups in total. The molecule has 0 unspecified atom stereocenters. The topological polar surface area (TPSA) is 101 Å². The van der Waals surface area contributed by atoms with Gasteiger partial charge in [-0.25, -0.2) is 0 Å². The van der Waals surface area contributed by atoms with Crippen molar-refractivity contribution in [2.45, 2.75) is 92.6 Å². The molecule has 0 fully saturated rings. The summed E-state index contributed by atoms with van der Waals surface area (Å²) in [6, 6.07) is 9.84. The number of rotatable bonds is 3. The van der Waals surface area contributed by atoms with E-state index >= 15 is 0 Å². The van der Waals surface area contributed by atoms with Gasteiger partial charge in [-0.2, -0.15) is 0 Å². The molecule has 0 bridgehead atoms. The van der Waals surface area contributed by atoms with Crippen LogP contribution in [-0.2, 0) is 32.9 Å². The van der Waals surface area contributed by atoms with Crippen LogP contribution in [0.25, 0.3) is 0 Å². The average Bonchev–Trinajstić information content (AvgIpc) is 2.42. The molecule has 0 aliphatic heterocycles. The fourth-order valence-corrected chi connectivity index (χ4v) is 1.16. The van der Waals surface area contributed by atoms with E-state index in [0.717, 1.165) is 5.56 Å². The Labute approximate surface area is 187 Å². The second-order valence-electron chi connectivity index (χ2n) is 7.57. The van der Waals surface area contributed by atoms with Crippen LogP contribution in [0.5, 0.6) is 0 Å². The van der Waals surface area contributed by atoms with E-state index in [-0.39, 0.29) is 27.7 Å².